The first kappa shape index (κ1) is 14.5. The van der Waals surface area contributed by atoms with E-state index in [9.17, 15) is 0 Å². The number of rotatable bonds is 8. The van der Waals surface area contributed by atoms with Crippen molar-refractivity contribution in [3.8, 4) is 5.75 Å². The predicted octanol–water partition coefficient (Wildman–Crippen LogP) is 3.48. The average Bonchev–Trinajstić information content (AvgIpc) is 2.95. The van der Waals surface area contributed by atoms with Gasteiger partial charge in [0.05, 0.1) is 13.2 Å². The van der Waals surface area contributed by atoms with E-state index in [1.807, 2.05) is 36.4 Å². The molecule has 20 heavy (non-hydrogen) atoms. The maximum Gasteiger partial charge on any atom is 0.123 e. The van der Waals surface area contributed by atoms with Crippen molar-refractivity contribution in [2.75, 3.05) is 25.6 Å². The van der Waals surface area contributed by atoms with Crippen LogP contribution in [0.3, 0.4) is 0 Å². The minimum atomic E-state index is 0.565. The third-order valence-corrected chi connectivity index (χ3v) is 2.94. The molecule has 4 heteroatoms. The number of hydrogen-bond acceptors (Lipinski definition) is 4. The zero-order valence-corrected chi connectivity index (χ0v) is 12.0. The summed E-state index contributed by atoms with van der Waals surface area (Å²) >= 11 is 0. The summed E-state index contributed by atoms with van der Waals surface area (Å²) in [6.45, 7) is 3.93. The normalized spacial score (nSPS) is 10.5. The Kier molecular flexibility index (Phi) is 5.50. The van der Waals surface area contributed by atoms with Crippen molar-refractivity contribution < 1.29 is 13.9 Å². The van der Waals surface area contributed by atoms with Crippen LogP contribution in [0.1, 0.15) is 18.4 Å². The van der Waals surface area contributed by atoms with Crippen molar-refractivity contribution in [2.24, 2.45) is 0 Å². The van der Waals surface area contributed by atoms with Crippen LogP contribution in [0.15, 0.2) is 40.8 Å². The van der Waals surface area contributed by atoms with Crippen LogP contribution < -0.4 is 10.1 Å². The molecule has 0 spiro atoms. The molecular weight excluding hydrogens is 254 g/mol. The van der Waals surface area contributed by atoms with Crippen LogP contribution in [0, 0.1) is 0 Å². The fourth-order valence-electron chi connectivity index (χ4n) is 1.81. The molecule has 0 saturated carbocycles. The number of aryl methyl sites for hydroxylation is 1. The van der Waals surface area contributed by atoms with Crippen LogP contribution in [0.2, 0.25) is 0 Å². The zero-order chi connectivity index (χ0) is 14.2. The average molecular weight is 275 g/mol. The molecule has 2 rings (SSSR count). The minimum absolute atomic E-state index is 0.565. The fourth-order valence-corrected chi connectivity index (χ4v) is 1.81. The van der Waals surface area contributed by atoms with Crippen LogP contribution in [0.4, 0.5) is 5.69 Å². The van der Waals surface area contributed by atoms with Gasteiger partial charge in [0.1, 0.15) is 23.9 Å². The highest BCUT2D eigenvalue weighted by Crippen LogP contribution is 2.17. The van der Waals surface area contributed by atoms with E-state index in [0.29, 0.717) is 19.8 Å². The van der Waals surface area contributed by atoms with E-state index < -0.39 is 0 Å². The maximum atomic E-state index is 5.64. The first-order valence-electron chi connectivity index (χ1n) is 6.85. The van der Waals surface area contributed by atoms with E-state index >= 15 is 0 Å². The molecule has 0 fully saturated rings. The van der Waals surface area contributed by atoms with Gasteiger partial charge in [0.25, 0.3) is 0 Å². The summed E-state index contributed by atoms with van der Waals surface area (Å²) in [6, 6.07) is 11.9. The molecule has 0 radical (unpaired) electrons. The lowest BCUT2D eigenvalue weighted by Gasteiger charge is -2.08. The molecule has 0 saturated heterocycles. The number of methoxy groups -OCH3 is 1. The van der Waals surface area contributed by atoms with E-state index in [2.05, 4.69) is 12.2 Å². The standard InChI is InChI=1S/C16H21NO3/c1-3-14-8-9-16(20-14)12-17-13-4-6-15(7-5-13)19-11-10-18-2/h4-9,17H,3,10-12H2,1-2H3. The van der Waals surface area contributed by atoms with Gasteiger partial charge in [0, 0.05) is 19.2 Å². The number of anilines is 1. The molecule has 1 aromatic carbocycles. The van der Waals surface area contributed by atoms with Crippen LogP contribution in [-0.4, -0.2) is 20.3 Å². The molecule has 0 aliphatic heterocycles. The quantitative estimate of drug-likeness (QED) is 0.749. The Labute approximate surface area is 119 Å². The number of ether oxygens (including phenoxy) is 2. The number of hydrogen-bond donors (Lipinski definition) is 1. The van der Waals surface area contributed by atoms with Crippen molar-refractivity contribution in [1.29, 1.82) is 0 Å². The third-order valence-electron chi connectivity index (χ3n) is 2.94. The Hall–Kier alpha value is -1.94. The Balaban J connectivity index is 1.81. The monoisotopic (exact) mass is 275 g/mol. The predicted molar refractivity (Wildman–Crippen MR) is 79.2 cm³/mol. The molecule has 0 amide bonds. The SMILES string of the molecule is CCc1ccc(CNc2ccc(OCCOC)cc2)o1. The molecular formula is C16H21NO3. The molecule has 1 heterocycles. The molecule has 0 aliphatic rings. The smallest absolute Gasteiger partial charge is 0.123 e. The lowest BCUT2D eigenvalue weighted by atomic mass is 10.3. The van der Waals surface area contributed by atoms with Crippen molar-refractivity contribution >= 4 is 5.69 Å². The van der Waals surface area contributed by atoms with E-state index in [1.54, 1.807) is 7.11 Å². The molecule has 1 aromatic heterocycles. The zero-order valence-electron chi connectivity index (χ0n) is 12.0. The highest BCUT2D eigenvalue weighted by Gasteiger charge is 2.00. The Morgan fingerprint density at radius 1 is 1.00 bits per heavy atom. The van der Waals surface area contributed by atoms with Gasteiger partial charge in [-0.2, -0.15) is 0 Å². The Morgan fingerprint density at radius 3 is 2.40 bits per heavy atom. The molecule has 0 atom stereocenters. The summed E-state index contributed by atoms with van der Waals surface area (Å²) in [4.78, 5) is 0. The second-order valence-corrected chi connectivity index (χ2v) is 4.44. The van der Waals surface area contributed by atoms with Crippen LogP contribution in [0.5, 0.6) is 5.75 Å². The summed E-state index contributed by atoms with van der Waals surface area (Å²) in [5, 5.41) is 3.32. The van der Waals surface area contributed by atoms with Gasteiger partial charge in [-0.15, -0.1) is 0 Å². The summed E-state index contributed by atoms with van der Waals surface area (Å²) in [5.74, 6) is 2.81. The number of benzene rings is 1. The van der Waals surface area contributed by atoms with E-state index in [0.717, 1.165) is 29.4 Å². The topological polar surface area (TPSA) is 43.6 Å². The maximum absolute atomic E-state index is 5.64. The number of nitrogens with one attached hydrogen (secondary N) is 1. The molecule has 0 aliphatic carbocycles. The van der Waals surface area contributed by atoms with Gasteiger partial charge in [-0.05, 0) is 36.4 Å². The highest BCUT2D eigenvalue weighted by molar-refractivity contribution is 5.46. The van der Waals surface area contributed by atoms with Crippen molar-refractivity contribution in [3.05, 3.63) is 47.9 Å². The summed E-state index contributed by atoms with van der Waals surface area (Å²) in [6.07, 6.45) is 0.924. The Bertz CT molecular complexity index is 505. The first-order chi connectivity index (χ1) is 9.81. The minimum Gasteiger partial charge on any atom is -0.491 e. The van der Waals surface area contributed by atoms with Crippen molar-refractivity contribution in [1.82, 2.24) is 0 Å². The van der Waals surface area contributed by atoms with Crippen LogP contribution in [0.25, 0.3) is 0 Å². The molecule has 0 bridgehead atoms. The molecule has 4 nitrogen and oxygen atoms in total. The van der Waals surface area contributed by atoms with Gasteiger partial charge in [-0.3, -0.25) is 0 Å². The van der Waals surface area contributed by atoms with E-state index in [1.165, 1.54) is 0 Å². The van der Waals surface area contributed by atoms with Gasteiger partial charge in [-0.1, -0.05) is 6.92 Å². The van der Waals surface area contributed by atoms with Gasteiger partial charge in [0.2, 0.25) is 0 Å². The largest absolute Gasteiger partial charge is 0.491 e. The van der Waals surface area contributed by atoms with Gasteiger partial charge < -0.3 is 19.2 Å². The molecule has 0 unspecified atom stereocenters. The lowest BCUT2D eigenvalue weighted by molar-refractivity contribution is 0.146. The van der Waals surface area contributed by atoms with Crippen molar-refractivity contribution in [2.45, 2.75) is 19.9 Å². The molecule has 1 N–H and O–H groups in total. The molecule has 108 valence electrons. The van der Waals surface area contributed by atoms with Gasteiger partial charge in [0.15, 0.2) is 0 Å². The number of furan rings is 1. The fraction of sp³-hybridized carbons (Fsp3) is 0.375. The van der Waals surface area contributed by atoms with E-state index in [-0.39, 0.29) is 0 Å². The lowest BCUT2D eigenvalue weighted by Crippen LogP contribution is -2.04. The summed E-state index contributed by atoms with van der Waals surface area (Å²) in [7, 11) is 1.66. The summed E-state index contributed by atoms with van der Waals surface area (Å²) in [5.41, 5.74) is 1.04. The van der Waals surface area contributed by atoms with E-state index in [4.69, 9.17) is 13.9 Å². The summed E-state index contributed by atoms with van der Waals surface area (Å²) < 4.78 is 16.1. The van der Waals surface area contributed by atoms with Crippen LogP contribution >= 0.6 is 0 Å². The second kappa shape index (κ2) is 7.60. The molecule has 2 aromatic rings. The van der Waals surface area contributed by atoms with Crippen LogP contribution in [-0.2, 0) is 17.7 Å². The first-order valence-corrected chi connectivity index (χ1v) is 6.85. The highest BCUT2D eigenvalue weighted by atomic mass is 16.5. The van der Waals surface area contributed by atoms with Gasteiger partial charge in [-0.25, -0.2) is 0 Å². The van der Waals surface area contributed by atoms with Crippen molar-refractivity contribution in [3.63, 3.8) is 0 Å². The van der Waals surface area contributed by atoms with Gasteiger partial charge >= 0.3 is 0 Å². The Morgan fingerprint density at radius 2 is 1.75 bits per heavy atom. The second-order valence-electron chi connectivity index (χ2n) is 4.44. The third kappa shape index (κ3) is 4.31.